The molecule has 2 atom stereocenters. The summed E-state index contributed by atoms with van der Waals surface area (Å²) >= 11 is 0. The van der Waals surface area contributed by atoms with Gasteiger partial charge in [-0.25, -0.2) is 4.97 Å². The lowest BCUT2D eigenvalue weighted by Crippen LogP contribution is -2.56. The molecule has 3 aliphatic rings. The molecule has 2 unspecified atom stereocenters. The fourth-order valence-corrected chi connectivity index (χ4v) is 2.95. The minimum Gasteiger partial charge on any atom is -0.539 e. The van der Waals surface area contributed by atoms with E-state index >= 15 is 0 Å². The summed E-state index contributed by atoms with van der Waals surface area (Å²) in [5.74, 6) is 1.64. The highest BCUT2D eigenvalue weighted by molar-refractivity contribution is 6.67. The van der Waals surface area contributed by atoms with Crippen molar-refractivity contribution in [2.75, 3.05) is 7.11 Å². The van der Waals surface area contributed by atoms with E-state index in [1.807, 2.05) is 36.4 Å². The van der Waals surface area contributed by atoms with E-state index in [1.54, 1.807) is 0 Å². The van der Waals surface area contributed by atoms with Gasteiger partial charge in [0.05, 0.1) is 18.4 Å². The summed E-state index contributed by atoms with van der Waals surface area (Å²) in [7, 11) is 0.995. The van der Waals surface area contributed by atoms with Gasteiger partial charge in [-0.05, 0) is 23.9 Å². The zero-order chi connectivity index (χ0) is 13.7. The van der Waals surface area contributed by atoms with Gasteiger partial charge in [0.1, 0.15) is 0 Å². The van der Waals surface area contributed by atoms with Gasteiger partial charge in [0, 0.05) is 5.92 Å². The lowest BCUT2D eigenvalue weighted by molar-refractivity contribution is -0.153. The predicted molar refractivity (Wildman–Crippen MR) is 74.5 cm³/mol. The van der Waals surface area contributed by atoms with Crippen LogP contribution >= 0.6 is 0 Å². The molecule has 4 nitrogen and oxygen atoms in total. The summed E-state index contributed by atoms with van der Waals surface area (Å²) in [4.78, 5) is 19.1. The van der Waals surface area contributed by atoms with Crippen LogP contribution in [0.25, 0.3) is 0 Å². The Bertz CT molecular complexity index is 625. The molecule has 0 N–H and O–H groups in total. The van der Waals surface area contributed by atoms with E-state index in [2.05, 4.69) is 6.08 Å². The number of allylic oxidation sites excluding steroid dienone is 2. The minimum atomic E-state index is -0.500. The number of nitrogens with zero attached hydrogens (tertiary/aromatic N) is 1. The number of carbonyl (C=O) groups is 1. The second-order valence-electron chi connectivity index (χ2n) is 5.34. The van der Waals surface area contributed by atoms with Crippen molar-refractivity contribution >= 4 is 18.4 Å². The third-order valence-corrected chi connectivity index (χ3v) is 4.12. The first kappa shape index (κ1) is 11.8. The van der Waals surface area contributed by atoms with Gasteiger partial charge in [-0.3, -0.25) is 9.63 Å². The lowest BCUT2D eigenvalue weighted by atomic mass is 9.70. The molecule has 5 heteroatoms. The number of benzene rings is 1. The summed E-state index contributed by atoms with van der Waals surface area (Å²) in [6.07, 6.45) is 5.05. The van der Waals surface area contributed by atoms with E-state index in [4.69, 9.17) is 9.49 Å². The van der Waals surface area contributed by atoms with Crippen molar-refractivity contribution in [2.45, 2.75) is 6.42 Å². The third kappa shape index (κ3) is 1.63. The fraction of sp³-hybridized carbons (Fsp3) is 0.267. The number of rotatable bonds is 2. The largest absolute Gasteiger partial charge is 0.547 e. The Morgan fingerprint density at radius 1 is 1.35 bits per heavy atom. The maximum atomic E-state index is 12.6. The Balaban J connectivity index is 1.76. The number of fused-ring (bicyclic) bond motifs is 2. The Morgan fingerprint density at radius 2 is 2.15 bits per heavy atom. The Kier molecular flexibility index (Phi) is 2.50. The molecule has 100 valence electrons. The average molecular weight is 267 g/mol. The molecule has 1 saturated carbocycles. The summed E-state index contributed by atoms with van der Waals surface area (Å²) in [5, 5.41) is 0. The molecule has 2 aliphatic carbocycles. The molecule has 1 heterocycles. The molecule has 1 aromatic carbocycles. The minimum absolute atomic E-state index is 0.121. The van der Waals surface area contributed by atoms with Gasteiger partial charge < -0.3 is 4.65 Å². The van der Waals surface area contributed by atoms with Crippen LogP contribution in [0.15, 0.2) is 53.8 Å². The van der Waals surface area contributed by atoms with E-state index in [0.29, 0.717) is 17.4 Å². The first-order chi connectivity index (χ1) is 9.79. The van der Waals surface area contributed by atoms with Crippen LogP contribution in [-0.2, 0) is 14.3 Å². The molecule has 0 radical (unpaired) electrons. The molecular weight excluding hydrogens is 253 g/mol. The van der Waals surface area contributed by atoms with Gasteiger partial charge in [-0.15, -0.1) is 0 Å². The second kappa shape index (κ2) is 4.25. The van der Waals surface area contributed by atoms with Crippen molar-refractivity contribution in [3.63, 3.8) is 0 Å². The van der Waals surface area contributed by atoms with Gasteiger partial charge >= 0.3 is 7.05 Å². The van der Waals surface area contributed by atoms with Gasteiger partial charge in [-0.1, -0.05) is 36.4 Å². The summed E-state index contributed by atoms with van der Waals surface area (Å²) in [5.41, 5.74) is 1.55. The fourth-order valence-electron chi connectivity index (χ4n) is 2.95. The topological polar surface area (TPSA) is 38.8 Å². The first-order valence-electron chi connectivity index (χ1n) is 6.81. The van der Waals surface area contributed by atoms with Crippen molar-refractivity contribution in [2.24, 2.45) is 11.8 Å². The Morgan fingerprint density at radius 3 is 2.90 bits per heavy atom. The number of hydroxylamine groups is 1. The molecule has 4 rings (SSSR count). The molecule has 1 aromatic rings. The molecule has 0 bridgehead atoms. The number of hydrogen-bond donors (Lipinski definition) is 0. The Hall–Kier alpha value is -2.01. The maximum absolute atomic E-state index is 12.6. The zero-order valence-electron chi connectivity index (χ0n) is 11.2. The van der Waals surface area contributed by atoms with Crippen LogP contribution in [0.5, 0.6) is 0 Å². The normalized spacial score (nSPS) is 27.1. The summed E-state index contributed by atoms with van der Waals surface area (Å²) < 4.78 is 6.11. The molecule has 1 amide bonds. The van der Waals surface area contributed by atoms with Crippen LogP contribution in [0.4, 0.5) is 0 Å². The quantitative estimate of drug-likeness (QED) is 0.757. The van der Waals surface area contributed by atoms with Crippen LogP contribution in [0.2, 0.25) is 0 Å². The van der Waals surface area contributed by atoms with E-state index < -0.39 is 7.05 Å². The van der Waals surface area contributed by atoms with E-state index in [0.717, 1.165) is 17.6 Å². The van der Waals surface area contributed by atoms with E-state index in [-0.39, 0.29) is 5.91 Å². The molecule has 1 aliphatic heterocycles. The number of carbonyl (C=O) groups excluding carboxylic acids is 1. The predicted octanol–water partition coefficient (Wildman–Crippen LogP) is 1.26. The van der Waals surface area contributed by atoms with E-state index in [9.17, 15) is 4.79 Å². The van der Waals surface area contributed by atoms with Gasteiger partial charge in [0.2, 0.25) is 0 Å². The lowest BCUT2D eigenvalue weighted by Gasteiger charge is -2.34. The SMILES string of the molecule is CON1B(c2ccccc2)OC2=C(C=CC3CC23)C1=O. The standard InChI is InChI=1S/C15H14BNO3/c1-19-17-15(18)12-8-7-10-9-13(10)14(12)20-16(17)11-5-3-2-4-6-11/h2-8,10,13H,9H2,1H3. The van der Waals surface area contributed by atoms with Crippen molar-refractivity contribution in [1.82, 2.24) is 4.97 Å². The average Bonchev–Trinajstić information content (AvgIpc) is 3.27. The third-order valence-electron chi connectivity index (χ3n) is 4.12. The van der Waals surface area contributed by atoms with Gasteiger partial charge in [0.15, 0.2) is 0 Å². The number of amides is 1. The highest BCUT2D eigenvalue weighted by atomic mass is 16.7. The number of hydrogen-bond acceptors (Lipinski definition) is 3. The van der Waals surface area contributed by atoms with Crippen molar-refractivity contribution < 1.29 is 14.3 Å². The van der Waals surface area contributed by atoms with Gasteiger partial charge in [-0.2, -0.15) is 0 Å². The van der Waals surface area contributed by atoms with Crippen molar-refractivity contribution in [1.29, 1.82) is 0 Å². The van der Waals surface area contributed by atoms with Crippen LogP contribution < -0.4 is 5.46 Å². The second-order valence-corrected chi connectivity index (χ2v) is 5.34. The van der Waals surface area contributed by atoms with E-state index in [1.165, 1.54) is 12.1 Å². The molecule has 0 aromatic heterocycles. The van der Waals surface area contributed by atoms with Crippen LogP contribution in [0, 0.1) is 11.8 Å². The summed E-state index contributed by atoms with van der Waals surface area (Å²) in [6, 6.07) is 9.69. The Labute approximate surface area is 117 Å². The van der Waals surface area contributed by atoms with Crippen LogP contribution in [-0.4, -0.2) is 25.0 Å². The van der Waals surface area contributed by atoms with Gasteiger partial charge in [0.25, 0.3) is 5.91 Å². The van der Waals surface area contributed by atoms with Crippen molar-refractivity contribution in [3.05, 3.63) is 53.8 Å². The highest BCUT2D eigenvalue weighted by Crippen LogP contribution is 2.50. The van der Waals surface area contributed by atoms with Crippen LogP contribution in [0.1, 0.15) is 6.42 Å². The van der Waals surface area contributed by atoms with Crippen molar-refractivity contribution in [3.8, 4) is 0 Å². The molecular formula is C15H14BNO3. The molecule has 20 heavy (non-hydrogen) atoms. The monoisotopic (exact) mass is 267 g/mol. The molecule has 0 spiro atoms. The highest BCUT2D eigenvalue weighted by Gasteiger charge is 2.51. The molecule has 1 fully saturated rings. The zero-order valence-corrected chi connectivity index (χ0v) is 11.2. The first-order valence-corrected chi connectivity index (χ1v) is 6.81. The smallest absolute Gasteiger partial charge is 0.539 e. The molecule has 0 saturated heterocycles. The van der Waals surface area contributed by atoms with Crippen LogP contribution in [0.3, 0.4) is 0 Å². The maximum Gasteiger partial charge on any atom is 0.547 e. The summed E-state index contributed by atoms with van der Waals surface area (Å²) in [6.45, 7) is 0.